The molecule has 2 heterocycles. The van der Waals surface area contributed by atoms with Gasteiger partial charge in [0.15, 0.2) is 0 Å². The number of hydrogen-bond acceptors (Lipinski definition) is 3. The molecule has 0 aliphatic heterocycles. The van der Waals surface area contributed by atoms with Crippen molar-refractivity contribution < 1.29 is 14.6 Å². The second-order valence-electron chi connectivity index (χ2n) is 3.63. The van der Waals surface area contributed by atoms with Crippen LogP contribution in [0.2, 0.25) is 0 Å². The zero-order valence-electron chi connectivity index (χ0n) is 8.97. The van der Waals surface area contributed by atoms with E-state index in [0.717, 1.165) is 16.8 Å². The molecule has 0 aliphatic rings. The van der Waals surface area contributed by atoms with Gasteiger partial charge >= 0.3 is 5.97 Å². The number of imidazole rings is 2. The third-order valence-electron chi connectivity index (χ3n) is 2.63. The van der Waals surface area contributed by atoms with E-state index in [2.05, 4.69) is 9.97 Å². The number of rotatable bonds is 2. The Kier molecular flexibility index (Phi) is 1.85. The molecule has 0 unspecified atom stereocenters. The summed E-state index contributed by atoms with van der Waals surface area (Å²) < 4.78 is 6.81. The number of nitrogens with one attached hydrogen (secondary N) is 1. The van der Waals surface area contributed by atoms with Crippen molar-refractivity contribution >= 4 is 22.8 Å². The maximum Gasteiger partial charge on any atom is 0.353 e. The van der Waals surface area contributed by atoms with Gasteiger partial charge in [0.2, 0.25) is 5.78 Å². The summed E-state index contributed by atoms with van der Waals surface area (Å²) in [4.78, 5) is 17.8. The van der Waals surface area contributed by atoms with E-state index in [1.165, 1.54) is 6.20 Å². The molecular formula is C11H9N3O3. The first-order chi connectivity index (χ1) is 8.19. The number of fused-ring (bicyclic) bond motifs is 3. The van der Waals surface area contributed by atoms with Gasteiger partial charge in [-0.2, -0.15) is 0 Å². The number of carboxylic acids is 1. The van der Waals surface area contributed by atoms with Crippen LogP contribution in [0.3, 0.4) is 0 Å². The Bertz CT molecular complexity index is 726. The van der Waals surface area contributed by atoms with Gasteiger partial charge in [-0.05, 0) is 12.1 Å². The topological polar surface area (TPSA) is 79.6 Å². The second kappa shape index (κ2) is 3.24. The zero-order chi connectivity index (χ0) is 12.0. The minimum Gasteiger partial charge on any atom is -0.497 e. The second-order valence-corrected chi connectivity index (χ2v) is 3.63. The van der Waals surface area contributed by atoms with Crippen LogP contribution in [0.4, 0.5) is 0 Å². The van der Waals surface area contributed by atoms with Crippen LogP contribution in [-0.4, -0.2) is 32.6 Å². The normalized spacial score (nSPS) is 11.1. The summed E-state index contributed by atoms with van der Waals surface area (Å²) in [5.74, 6) is 0.222. The molecule has 0 aliphatic carbocycles. The number of benzene rings is 1. The molecule has 0 amide bonds. The molecule has 0 saturated carbocycles. The number of H-pyrrole nitrogens is 1. The highest BCUT2D eigenvalue weighted by molar-refractivity contribution is 5.88. The fraction of sp³-hybridized carbons (Fsp3) is 0.0909. The van der Waals surface area contributed by atoms with Gasteiger partial charge in [0.25, 0.3) is 0 Å². The first-order valence-electron chi connectivity index (χ1n) is 4.97. The Hall–Kier alpha value is -2.50. The summed E-state index contributed by atoms with van der Waals surface area (Å²) in [6.45, 7) is 0. The number of aromatic nitrogens is 3. The minimum absolute atomic E-state index is 0.116. The number of aromatic amines is 1. The summed E-state index contributed by atoms with van der Waals surface area (Å²) in [5, 5.41) is 8.87. The lowest BCUT2D eigenvalue weighted by Gasteiger charge is -1.97. The van der Waals surface area contributed by atoms with Gasteiger partial charge in [-0.15, -0.1) is 0 Å². The molecule has 2 N–H and O–H groups in total. The number of aromatic carboxylic acids is 1. The average Bonchev–Trinajstić information content (AvgIpc) is 2.84. The van der Waals surface area contributed by atoms with Crippen LogP contribution in [0.5, 0.6) is 5.75 Å². The van der Waals surface area contributed by atoms with Crippen molar-refractivity contribution in [3.05, 3.63) is 30.1 Å². The van der Waals surface area contributed by atoms with Crippen LogP contribution < -0.4 is 4.74 Å². The number of nitrogens with zero attached hydrogens (tertiary/aromatic N) is 2. The van der Waals surface area contributed by atoms with Crippen molar-refractivity contribution in [3.8, 4) is 5.75 Å². The zero-order valence-corrected chi connectivity index (χ0v) is 8.97. The van der Waals surface area contributed by atoms with Crippen molar-refractivity contribution in [2.45, 2.75) is 0 Å². The van der Waals surface area contributed by atoms with E-state index in [9.17, 15) is 4.79 Å². The lowest BCUT2D eigenvalue weighted by molar-refractivity contribution is 0.0691. The Morgan fingerprint density at radius 1 is 1.53 bits per heavy atom. The summed E-state index contributed by atoms with van der Waals surface area (Å²) in [5.41, 5.74) is 1.71. The highest BCUT2D eigenvalue weighted by Gasteiger charge is 2.12. The Morgan fingerprint density at radius 2 is 2.35 bits per heavy atom. The van der Waals surface area contributed by atoms with Crippen LogP contribution >= 0.6 is 0 Å². The molecule has 0 radical (unpaired) electrons. The van der Waals surface area contributed by atoms with Gasteiger partial charge in [0.1, 0.15) is 11.4 Å². The van der Waals surface area contributed by atoms with E-state index >= 15 is 0 Å². The number of hydrogen-bond donors (Lipinski definition) is 2. The number of methoxy groups -OCH3 is 1. The number of ether oxygens (including phenoxy) is 1. The monoisotopic (exact) mass is 231 g/mol. The fourth-order valence-electron chi connectivity index (χ4n) is 1.81. The summed E-state index contributed by atoms with van der Waals surface area (Å²) in [6.07, 6.45) is 1.51. The van der Waals surface area contributed by atoms with Gasteiger partial charge in [-0.1, -0.05) is 0 Å². The molecule has 0 spiro atoms. The van der Waals surface area contributed by atoms with E-state index in [0.29, 0.717) is 5.78 Å². The Labute approximate surface area is 95.5 Å². The number of carboxylic acid groups (broad SMARTS) is 1. The molecule has 3 rings (SSSR count). The average molecular weight is 231 g/mol. The lowest BCUT2D eigenvalue weighted by atomic mass is 10.3. The van der Waals surface area contributed by atoms with E-state index in [-0.39, 0.29) is 5.69 Å². The van der Waals surface area contributed by atoms with Gasteiger partial charge in [0.05, 0.1) is 18.1 Å². The molecule has 86 valence electrons. The first-order valence-corrected chi connectivity index (χ1v) is 4.97. The predicted octanol–water partition coefficient (Wildman–Crippen LogP) is 1.52. The van der Waals surface area contributed by atoms with E-state index in [1.807, 2.05) is 12.1 Å². The van der Waals surface area contributed by atoms with Crippen LogP contribution in [0.15, 0.2) is 24.4 Å². The minimum atomic E-state index is -1.00. The molecule has 0 saturated heterocycles. The van der Waals surface area contributed by atoms with Crippen LogP contribution in [-0.2, 0) is 0 Å². The molecule has 0 atom stereocenters. The Morgan fingerprint density at radius 3 is 3.06 bits per heavy atom. The van der Waals surface area contributed by atoms with Crippen molar-refractivity contribution in [2.24, 2.45) is 0 Å². The molecule has 6 nitrogen and oxygen atoms in total. The van der Waals surface area contributed by atoms with Gasteiger partial charge in [-0.25, -0.2) is 9.78 Å². The maximum absolute atomic E-state index is 10.8. The van der Waals surface area contributed by atoms with E-state index in [1.54, 1.807) is 17.6 Å². The molecule has 17 heavy (non-hydrogen) atoms. The third kappa shape index (κ3) is 1.34. The summed E-state index contributed by atoms with van der Waals surface area (Å²) in [6, 6.07) is 5.45. The molecule has 0 bridgehead atoms. The predicted molar refractivity (Wildman–Crippen MR) is 60.6 cm³/mol. The summed E-state index contributed by atoms with van der Waals surface area (Å²) in [7, 11) is 1.59. The quantitative estimate of drug-likeness (QED) is 0.700. The largest absolute Gasteiger partial charge is 0.497 e. The SMILES string of the molecule is COc1ccc2c(c1)nc1[nH]c(C(=O)O)cn12. The molecule has 6 heteroatoms. The van der Waals surface area contributed by atoms with Crippen molar-refractivity contribution in [1.82, 2.24) is 14.4 Å². The third-order valence-corrected chi connectivity index (χ3v) is 2.63. The van der Waals surface area contributed by atoms with Crippen LogP contribution in [0.1, 0.15) is 10.5 Å². The first kappa shape index (κ1) is 9.71. The fourth-order valence-corrected chi connectivity index (χ4v) is 1.81. The van der Waals surface area contributed by atoms with Crippen molar-refractivity contribution in [1.29, 1.82) is 0 Å². The maximum atomic E-state index is 10.8. The molecule has 3 aromatic rings. The lowest BCUT2D eigenvalue weighted by Crippen LogP contribution is -1.95. The molecule has 1 aromatic carbocycles. The molecular weight excluding hydrogens is 222 g/mol. The smallest absolute Gasteiger partial charge is 0.353 e. The molecule has 2 aromatic heterocycles. The molecule has 0 fully saturated rings. The van der Waals surface area contributed by atoms with Gasteiger partial charge in [-0.3, -0.25) is 4.40 Å². The van der Waals surface area contributed by atoms with Gasteiger partial charge < -0.3 is 14.8 Å². The number of carbonyl (C=O) groups is 1. The van der Waals surface area contributed by atoms with Crippen LogP contribution in [0, 0.1) is 0 Å². The van der Waals surface area contributed by atoms with E-state index < -0.39 is 5.97 Å². The van der Waals surface area contributed by atoms with Gasteiger partial charge in [0, 0.05) is 12.3 Å². The van der Waals surface area contributed by atoms with E-state index in [4.69, 9.17) is 9.84 Å². The standard InChI is InChI=1S/C11H9N3O3/c1-17-6-2-3-9-7(4-6)12-11-13-8(10(15)16)5-14(9)11/h2-5H,1H3,(H,12,13)(H,15,16). The van der Waals surface area contributed by atoms with Crippen LogP contribution in [0.25, 0.3) is 16.8 Å². The Balaban J connectivity index is 2.30. The van der Waals surface area contributed by atoms with Crippen molar-refractivity contribution in [3.63, 3.8) is 0 Å². The summed E-state index contributed by atoms with van der Waals surface area (Å²) >= 11 is 0. The highest BCUT2D eigenvalue weighted by atomic mass is 16.5. The van der Waals surface area contributed by atoms with Crippen molar-refractivity contribution in [2.75, 3.05) is 7.11 Å². The highest BCUT2D eigenvalue weighted by Crippen LogP contribution is 2.21.